The predicted molar refractivity (Wildman–Crippen MR) is 65.5 cm³/mol. The molecule has 1 aromatic carbocycles. The lowest BCUT2D eigenvalue weighted by Gasteiger charge is -2.20. The molecular weight excluding hydrogens is 224 g/mol. The highest BCUT2D eigenvalue weighted by molar-refractivity contribution is 6.32. The normalized spacial score (nSPS) is 23.4. The molecule has 1 aromatic rings. The van der Waals surface area contributed by atoms with Crippen molar-refractivity contribution in [1.29, 1.82) is 0 Å². The highest BCUT2D eigenvalue weighted by Crippen LogP contribution is 2.48. The van der Waals surface area contributed by atoms with Crippen LogP contribution >= 0.6 is 11.6 Å². The van der Waals surface area contributed by atoms with Gasteiger partial charge in [-0.1, -0.05) is 11.6 Å². The summed E-state index contributed by atoms with van der Waals surface area (Å²) in [5, 5.41) is 0.824. The Morgan fingerprint density at radius 1 is 1.19 bits per heavy atom. The van der Waals surface area contributed by atoms with Crippen molar-refractivity contribution >= 4 is 11.6 Å². The summed E-state index contributed by atoms with van der Waals surface area (Å²) >= 11 is 6.34. The molecule has 2 nitrogen and oxygen atoms in total. The molecule has 1 unspecified atom stereocenters. The van der Waals surface area contributed by atoms with Gasteiger partial charge in [-0.25, -0.2) is 0 Å². The van der Waals surface area contributed by atoms with E-state index in [9.17, 15) is 0 Å². The third-order valence-electron chi connectivity index (χ3n) is 3.47. The maximum Gasteiger partial charge on any atom is 0.128 e. The van der Waals surface area contributed by atoms with Crippen molar-refractivity contribution in [3.8, 4) is 5.75 Å². The highest BCUT2D eigenvalue weighted by Gasteiger charge is 2.45. The van der Waals surface area contributed by atoms with Crippen molar-refractivity contribution in [2.75, 3.05) is 13.7 Å². The Labute approximate surface area is 102 Å². The maximum absolute atomic E-state index is 6.34. The first-order valence-corrected chi connectivity index (χ1v) is 5.78. The number of rotatable bonds is 2. The molecule has 3 heteroatoms. The van der Waals surface area contributed by atoms with Gasteiger partial charge in [0.05, 0.1) is 13.7 Å². The second-order valence-corrected chi connectivity index (χ2v) is 4.99. The summed E-state index contributed by atoms with van der Waals surface area (Å²) in [6.45, 7) is 8.90. The van der Waals surface area contributed by atoms with Crippen LogP contribution in [0.2, 0.25) is 5.02 Å². The molecule has 1 atom stereocenters. The molecule has 0 saturated carbocycles. The monoisotopic (exact) mass is 240 g/mol. The second kappa shape index (κ2) is 3.64. The van der Waals surface area contributed by atoms with E-state index < -0.39 is 0 Å². The van der Waals surface area contributed by atoms with Gasteiger partial charge >= 0.3 is 0 Å². The van der Waals surface area contributed by atoms with Crippen molar-refractivity contribution in [2.45, 2.75) is 33.3 Å². The summed E-state index contributed by atoms with van der Waals surface area (Å²) in [5.74, 6) is 0.916. The van der Waals surface area contributed by atoms with Gasteiger partial charge in [-0.3, -0.25) is 0 Å². The van der Waals surface area contributed by atoms with Crippen molar-refractivity contribution in [1.82, 2.24) is 0 Å². The average Bonchev–Trinajstić information content (AvgIpc) is 2.99. The van der Waals surface area contributed by atoms with Crippen LogP contribution in [-0.2, 0) is 10.3 Å². The maximum atomic E-state index is 6.34. The number of ether oxygens (including phenoxy) is 2. The van der Waals surface area contributed by atoms with Crippen LogP contribution in [0.4, 0.5) is 0 Å². The smallest absolute Gasteiger partial charge is 0.128 e. The van der Waals surface area contributed by atoms with Crippen molar-refractivity contribution in [3.63, 3.8) is 0 Å². The molecule has 0 radical (unpaired) electrons. The van der Waals surface area contributed by atoms with Crippen LogP contribution < -0.4 is 4.74 Å². The number of halogens is 1. The summed E-state index contributed by atoms with van der Waals surface area (Å²) in [6, 6.07) is 0. The molecule has 88 valence electrons. The van der Waals surface area contributed by atoms with E-state index in [2.05, 4.69) is 6.92 Å². The van der Waals surface area contributed by atoms with E-state index >= 15 is 0 Å². The van der Waals surface area contributed by atoms with Crippen LogP contribution in [-0.4, -0.2) is 13.7 Å². The Morgan fingerprint density at radius 2 is 1.75 bits per heavy atom. The summed E-state index contributed by atoms with van der Waals surface area (Å²) in [5.41, 5.74) is 4.15. The van der Waals surface area contributed by atoms with Gasteiger partial charge in [0.15, 0.2) is 0 Å². The van der Waals surface area contributed by atoms with Gasteiger partial charge in [0.2, 0.25) is 0 Å². The van der Waals surface area contributed by atoms with Crippen LogP contribution in [0.5, 0.6) is 5.75 Å². The first kappa shape index (κ1) is 11.7. The molecule has 0 aromatic heterocycles. The molecule has 1 fully saturated rings. The lowest BCUT2D eigenvalue weighted by atomic mass is 9.91. The fourth-order valence-electron chi connectivity index (χ4n) is 2.23. The molecular formula is C13H17ClO2. The van der Waals surface area contributed by atoms with E-state index in [1.165, 1.54) is 0 Å². The van der Waals surface area contributed by atoms with Crippen molar-refractivity contribution in [3.05, 3.63) is 27.3 Å². The van der Waals surface area contributed by atoms with E-state index in [0.717, 1.165) is 39.6 Å². The van der Waals surface area contributed by atoms with Gasteiger partial charge in [0, 0.05) is 10.6 Å². The average molecular weight is 241 g/mol. The molecule has 1 heterocycles. The zero-order valence-corrected chi connectivity index (χ0v) is 11.2. The minimum absolute atomic E-state index is 0.211. The fourth-order valence-corrected chi connectivity index (χ4v) is 2.46. The molecule has 0 spiro atoms. The fraction of sp³-hybridized carbons (Fsp3) is 0.538. The highest BCUT2D eigenvalue weighted by atomic mass is 35.5. The molecule has 1 aliphatic rings. The minimum Gasteiger partial charge on any atom is -0.496 e. The summed E-state index contributed by atoms with van der Waals surface area (Å²) in [7, 11) is 1.70. The van der Waals surface area contributed by atoms with Crippen LogP contribution in [0.3, 0.4) is 0 Å². The van der Waals surface area contributed by atoms with Gasteiger partial charge in [0.25, 0.3) is 0 Å². The quantitative estimate of drug-likeness (QED) is 0.738. The van der Waals surface area contributed by atoms with Gasteiger partial charge in [-0.05, 0) is 44.4 Å². The standard InChI is InChI=1S/C13H17ClO2/c1-7-8(2)12(15-5)10(9(3)11(7)14)13(4)6-16-13/h6H2,1-5H3. The lowest BCUT2D eigenvalue weighted by molar-refractivity contribution is 0.314. The molecule has 1 aliphatic heterocycles. The largest absolute Gasteiger partial charge is 0.496 e. The molecule has 1 saturated heterocycles. The van der Waals surface area contributed by atoms with Crippen LogP contribution in [0.1, 0.15) is 29.2 Å². The van der Waals surface area contributed by atoms with Gasteiger partial charge in [-0.15, -0.1) is 0 Å². The Morgan fingerprint density at radius 3 is 2.19 bits per heavy atom. The Balaban J connectivity index is 2.75. The number of hydrogen-bond acceptors (Lipinski definition) is 2. The lowest BCUT2D eigenvalue weighted by Crippen LogP contribution is -2.10. The summed E-state index contributed by atoms with van der Waals surface area (Å²) < 4.78 is 11.0. The van der Waals surface area contributed by atoms with Crippen LogP contribution in [0.15, 0.2) is 0 Å². The zero-order valence-electron chi connectivity index (χ0n) is 10.4. The first-order valence-electron chi connectivity index (χ1n) is 5.40. The first-order chi connectivity index (χ1) is 7.42. The molecule has 0 aliphatic carbocycles. The number of epoxide rings is 1. The Hall–Kier alpha value is -0.730. The number of benzene rings is 1. The van der Waals surface area contributed by atoms with E-state index in [-0.39, 0.29) is 5.60 Å². The molecule has 2 rings (SSSR count). The number of methoxy groups -OCH3 is 1. The third-order valence-corrected chi connectivity index (χ3v) is 4.04. The van der Waals surface area contributed by atoms with Crippen LogP contribution in [0, 0.1) is 20.8 Å². The second-order valence-electron chi connectivity index (χ2n) is 4.62. The van der Waals surface area contributed by atoms with Crippen molar-refractivity contribution in [2.24, 2.45) is 0 Å². The van der Waals surface area contributed by atoms with E-state index in [4.69, 9.17) is 21.1 Å². The van der Waals surface area contributed by atoms with Crippen molar-refractivity contribution < 1.29 is 9.47 Å². The van der Waals surface area contributed by atoms with E-state index in [0.29, 0.717) is 0 Å². The topological polar surface area (TPSA) is 21.8 Å². The number of hydrogen-bond donors (Lipinski definition) is 0. The molecule has 0 amide bonds. The Kier molecular flexibility index (Phi) is 2.67. The predicted octanol–water partition coefficient (Wildman–Crippen LogP) is 3.52. The van der Waals surface area contributed by atoms with Gasteiger partial charge in [0.1, 0.15) is 11.4 Å². The Bertz CT molecular complexity index is 448. The molecule has 0 N–H and O–H groups in total. The molecule has 16 heavy (non-hydrogen) atoms. The van der Waals surface area contributed by atoms with Gasteiger partial charge < -0.3 is 9.47 Å². The minimum atomic E-state index is -0.211. The SMILES string of the molecule is COc1c(C)c(C)c(Cl)c(C)c1C1(C)CO1. The zero-order chi connectivity index (χ0) is 12.1. The van der Waals surface area contributed by atoms with E-state index in [1.54, 1.807) is 7.11 Å². The van der Waals surface area contributed by atoms with Crippen LogP contribution in [0.25, 0.3) is 0 Å². The summed E-state index contributed by atoms with van der Waals surface area (Å²) in [4.78, 5) is 0. The third kappa shape index (κ3) is 1.52. The van der Waals surface area contributed by atoms with Gasteiger partial charge in [-0.2, -0.15) is 0 Å². The molecule has 0 bridgehead atoms. The van der Waals surface area contributed by atoms with E-state index in [1.807, 2.05) is 20.8 Å². The summed E-state index contributed by atoms with van der Waals surface area (Å²) in [6.07, 6.45) is 0.